The predicted molar refractivity (Wildman–Crippen MR) is 122 cm³/mol. The highest BCUT2D eigenvalue weighted by atomic mass is 16.2. The van der Waals surface area contributed by atoms with Gasteiger partial charge in [0.1, 0.15) is 0 Å². The molecule has 0 saturated heterocycles. The number of amides is 2. The summed E-state index contributed by atoms with van der Waals surface area (Å²) in [6.45, 7) is 0.889. The molecule has 0 spiro atoms. The minimum absolute atomic E-state index is 0.0989. The smallest absolute Gasteiger partial charge is 0.251 e. The number of anilines is 2. The molecule has 3 aromatic rings. The van der Waals surface area contributed by atoms with Crippen LogP contribution in [0.1, 0.15) is 11.1 Å². The summed E-state index contributed by atoms with van der Waals surface area (Å²) in [4.78, 5) is 29.1. The Hall–Kier alpha value is -3.92. The van der Waals surface area contributed by atoms with Gasteiger partial charge in [-0.05, 0) is 35.4 Å². The average molecular weight is 394 g/mol. The highest BCUT2D eigenvalue weighted by Gasteiger charge is 2.27. The van der Waals surface area contributed by atoms with Crippen molar-refractivity contribution < 1.29 is 9.59 Å². The van der Waals surface area contributed by atoms with E-state index in [9.17, 15) is 9.59 Å². The zero-order valence-electron chi connectivity index (χ0n) is 16.5. The van der Waals surface area contributed by atoms with Gasteiger partial charge in [-0.15, -0.1) is 0 Å². The second-order valence-corrected chi connectivity index (χ2v) is 6.96. The first-order valence-corrected chi connectivity index (χ1v) is 9.91. The van der Waals surface area contributed by atoms with Crippen molar-refractivity contribution >= 4 is 35.3 Å². The molecule has 0 N–H and O–H groups in total. The summed E-state index contributed by atoms with van der Waals surface area (Å²) in [6, 6.07) is 27.0. The molecule has 30 heavy (non-hydrogen) atoms. The Bertz CT molecular complexity index is 1000. The van der Waals surface area contributed by atoms with E-state index < -0.39 is 0 Å². The van der Waals surface area contributed by atoms with Crippen LogP contribution in [-0.4, -0.2) is 24.9 Å². The molecule has 2 amide bonds. The SMILES string of the molecule is O=C(/C=C\c1ccccc1)N1CCN(C(=O)/C=C/c2ccccc2)c2ccccc21. The van der Waals surface area contributed by atoms with E-state index in [4.69, 9.17) is 0 Å². The maximum Gasteiger partial charge on any atom is 0.251 e. The molecule has 4 nitrogen and oxygen atoms in total. The zero-order chi connectivity index (χ0) is 20.8. The lowest BCUT2D eigenvalue weighted by Gasteiger charge is -2.35. The highest BCUT2D eigenvalue weighted by Crippen LogP contribution is 2.33. The number of para-hydroxylation sites is 2. The van der Waals surface area contributed by atoms with Gasteiger partial charge in [0, 0.05) is 25.2 Å². The quantitative estimate of drug-likeness (QED) is 0.597. The van der Waals surface area contributed by atoms with Crippen molar-refractivity contribution in [1.82, 2.24) is 0 Å². The summed E-state index contributed by atoms with van der Waals surface area (Å²) in [5.41, 5.74) is 3.43. The van der Waals surface area contributed by atoms with E-state index in [-0.39, 0.29) is 11.8 Å². The Morgan fingerprint density at radius 2 is 0.933 bits per heavy atom. The van der Waals surface area contributed by atoms with Gasteiger partial charge in [-0.1, -0.05) is 72.8 Å². The third kappa shape index (κ3) is 4.39. The van der Waals surface area contributed by atoms with Crippen molar-refractivity contribution in [1.29, 1.82) is 0 Å². The second-order valence-electron chi connectivity index (χ2n) is 6.96. The van der Waals surface area contributed by atoms with Crippen LogP contribution in [0, 0.1) is 0 Å². The summed E-state index contributed by atoms with van der Waals surface area (Å²) in [7, 11) is 0. The third-order valence-electron chi connectivity index (χ3n) is 4.98. The Morgan fingerprint density at radius 1 is 0.567 bits per heavy atom. The van der Waals surface area contributed by atoms with E-state index in [1.807, 2.05) is 97.1 Å². The molecule has 3 aromatic carbocycles. The lowest BCUT2D eigenvalue weighted by atomic mass is 10.1. The number of carbonyl (C=O) groups is 2. The molecule has 1 aliphatic heterocycles. The Labute approximate surface area is 176 Å². The van der Waals surface area contributed by atoms with Crippen LogP contribution in [0.5, 0.6) is 0 Å². The molecule has 0 fully saturated rings. The molecule has 0 unspecified atom stereocenters. The minimum atomic E-state index is -0.0989. The fraction of sp³-hybridized carbons (Fsp3) is 0.0769. The number of fused-ring (bicyclic) bond motifs is 1. The van der Waals surface area contributed by atoms with Crippen LogP contribution in [-0.2, 0) is 9.59 Å². The second kappa shape index (κ2) is 9.05. The van der Waals surface area contributed by atoms with Gasteiger partial charge < -0.3 is 9.80 Å². The van der Waals surface area contributed by atoms with Crippen molar-refractivity contribution in [3.8, 4) is 0 Å². The lowest BCUT2D eigenvalue weighted by molar-refractivity contribution is -0.115. The number of nitrogens with zero attached hydrogens (tertiary/aromatic N) is 2. The summed E-state index contributed by atoms with van der Waals surface area (Å²) in [5, 5.41) is 0. The number of hydrogen-bond donors (Lipinski definition) is 0. The molecule has 0 bridgehead atoms. The van der Waals surface area contributed by atoms with Gasteiger partial charge >= 0.3 is 0 Å². The Morgan fingerprint density at radius 3 is 1.33 bits per heavy atom. The van der Waals surface area contributed by atoms with Crippen molar-refractivity contribution in [2.75, 3.05) is 22.9 Å². The molecule has 0 aliphatic carbocycles. The number of hydrogen-bond acceptors (Lipinski definition) is 2. The van der Waals surface area contributed by atoms with Gasteiger partial charge in [-0.25, -0.2) is 0 Å². The lowest BCUT2D eigenvalue weighted by Crippen LogP contribution is -2.45. The van der Waals surface area contributed by atoms with Crippen molar-refractivity contribution in [3.63, 3.8) is 0 Å². The molecule has 1 heterocycles. The minimum Gasteiger partial charge on any atom is -0.305 e. The maximum absolute atomic E-state index is 12.8. The topological polar surface area (TPSA) is 40.6 Å². The van der Waals surface area contributed by atoms with E-state index >= 15 is 0 Å². The average Bonchev–Trinajstić information content (AvgIpc) is 2.81. The van der Waals surface area contributed by atoms with Gasteiger partial charge in [0.25, 0.3) is 11.8 Å². The third-order valence-corrected chi connectivity index (χ3v) is 4.98. The van der Waals surface area contributed by atoms with Crippen molar-refractivity contribution in [2.45, 2.75) is 0 Å². The van der Waals surface area contributed by atoms with Crippen LogP contribution < -0.4 is 9.80 Å². The molecule has 148 valence electrons. The fourth-order valence-electron chi connectivity index (χ4n) is 3.46. The summed E-state index contributed by atoms with van der Waals surface area (Å²) < 4.78 is 0. The monoisotopic (exact) mass is 394 g/mol. The van der Waals surface area contributed by atoms with Crippen molar-refractivity contribution in [3.05, 3.63) is 108 Å². The van der Waals surface area contributed by atoms with E-state index in [0.717, 1.165) is 22.5 Å². The molecule has 1 aliphatic rings. The fourth-order valence-corrected chi connectivity index (χ4v) is 3.46. The molecular weight excluding hydrogens is 372 g/mol. The molecule has 0 radical (unpaired) electrons. The molecule has 0 saturated carbocycles. The van der Waals surface area contributed by atoms with Crippen LogP contribution in [0.15, 0.2) is 97.1 Å². The highest BCUT2D eigenvalue weighted by molar-refractivity contribution is 6.11. The van der Waals surface area contributed by atoms with Crippen molar-refractivity contribution in [2.24, 2.45) is 0 Å². The number of rotatable bonds is 4. The van der Waals surface area contributed by atoms with E-state index in [1.54, 1.807) is 22.0 Å². The summed E-state index contributed by atoms with van der Waals surface area (Å²) in [6.07, 6.45) is 6.79. The Kier molecular flexibility index (Phi) is 5.85. The van der Waals surface area contributed by atoms with Crippen LogP contribution >= 0.6 is 0 Å². The summed E-state index contributed by atoms with van der Waals surface area (Å²) >= 11 is 0. The van der Waals surface area contributed by atoms with E-state index in [1.165, 1.54) is 0 Å². The molecule has 4 rings (SSSR count). The van der Waals surface area contributed by atoms with Crippen LogP contribution in [0.25, 0.3) is 12.2 Å². The van der Waals surface area contributed by atoms with Gasteiger partial charge in [0.2, 0.25) is 0 Å². The standard InChI is InChI=1S/C26H22N2O2/c29-25(17-15-21-9-3-1-4-10-21)27-19-20-28(24-14-8-7-13-23(24)27)26(30)18-16-22-11-5-2-6-12-22/h1-18H,19-20H2/b17-15-,18-16+. The van der Waals surface area contributed by atoms with Gasteiger partial charge in [-0.3, -0.25) is 9.59 Å². The maximum atomic E-state index is 12.8. The molecule has 4 heteroatoms. The van der Waals surface area contributed by atoms with Gasteiger partial charge in [0.05, 0.1) is 11.4 Å². The molecule has 0 aromatic heterocycles. The molecular formula is C26H22N2O2. The summed E-state index contributed by atoms with van der Waals surface area (Å²) in [5.74, 6) is -0.198. The van der Waals surface area contributed by atoms with Gasteiger partial charge in [-0.2, -0.15) is 0 Å². The first-order chi connectivity index (χ1) is 14.7. The first-order valence-electron chi connectivity index (χ1n) is 9.91. The van der Waals surface area contributed by atoms with Crippen LogP contribution in [0.2, 0.25) is 0 Å². The van der Waals surface area contributed by atoms with Gasteiger partial charge in [0.15, 0.2) is 0 Å². The van der Waals surface area contributed by atoms with Crippen LogP contribution in [0.3, 0.4) is 0 Å². The molecule has 0 atom stereocenters. The Balaban J connectivity index is 1.54. The van der Waals surface area contributed by atoms with Crippen LogP contribution in [0.4, 0.5) is 11.4 Å². The predicted octanol–water partition coefficient (Wildman–Crippen LogP) is 4.79. The van der Waals surface area contributed by atoms with E-state index in [2.05, 4.69) is 0 Å². The first kappa shape index (κ1) is 19.4. The van der Waals surface area contributed by atoms with E-state index in [0.29, 0.717) is 13.1 Å². The zero-order valence-corrected chi connectivity index (χ0v) is 16.5. The largest absolute Gasteiger partial charge is 0.305 e. The number of carbonyl (C=O) groups excluding carboxylic acids is 2. The normalized spacial score (nSPS) is 13.6. The number of benzene rings is 3.